The first-order valence-corrected chi connectivity index (χ1v) is 13.9. The standard InChI is InChI=1S/C29H22BrClO4S/c30-25-14-12-23(13-15-25)29(32)28(36(33,34)20-22-10-16-26(31)17-11-22)18-24-8-4-5-9-27(24)35-19-21-6-2-1-3-7-21/h1-18H,19-20H2/b28-18-. The van der Waals surface area contributed by atoms with Crippen molar-refractivity contribution in [2.75, 3.05) is 0 Å². The van der Waals surface area contributed by atoms with Gasteiger partial charge in [0, 0.05) is 20.6 Å². The average molecular weight is 582 g/mol. The number of hydrogen-bond donors (Lipinski definition) is 0. The lowest BCUT2D eigenvalue weighted by Gasteiger charge is -2.13. The van der Waals surface area contributed by atoms with Gasteiger partial charge in [-0.2, -0.15) is 0 Å². The molecule has 0 atom stereocenters. The highest BCUT2D eigenvalue weighted by atomic mass is 79.9. The molecule has 0 N–H and O–H groups in total. The summed E-state index contributed by atoms with van der Waals surface area (Å²) in [6.07, 6.45) is 1.40. The van der Waals surface area contributed by atoms with E-state index in [-0.39, 0.29) is 16.2 Å². The molecule has 0 heterocycles. The molecule has 0 aliphatic heterocycles. The predicted octanol–water partition coefficient (Wildman–Crippen LogP) is 7.52. The molecule has 7 heteroatoms. The fraction of sp³-hybridized carbons (Fsp3) is 0.0690. The maximum Gasteiger partial charge on any atom is 0.204 e. The summed E-state index contributed by atoms with van der Waals surface area (Å²) < 4.78 is 34.0. The van der Waals surface area contributed by atoms with Crippen LogP contribution in [-0.2, 0) is 22.2 Å². The van der Waals surface area contributed by atoms with Gasteiger partial charge < -0.3 is 4.74 Å². The van der Waals surface area contributed by atoms with E-state index in [9.17, 15) is 13.2 Å². The van der Waals surface area contributed by atoms with Gasteiger partial charge in [0.15, 0.2) is 9.84 Å². The number of hydrogen-bond acceptors (Lipinski definition) is 4. The van der Waals surface area contributed by atoms with Gasteiger partial charge in [-0.25, -0.2) is 8.42 Å². The molecule has 4 rings (SSSR count). The van der Waals surface area contributed by atoms with Crippen LogP contribution in [0.4, 0.5) is 0 Å². The minimum atomic E-state index is -4.03. The van der Waals surface area contributed by atoms with E-state index in [2.05, 4.69) is 15.9 Å². The zero-order valence-electron chi connectivity index (χ0n) is 19.1. The fourth-order valence-electron chi connectivity index (χ4n) is 3.53. The van der Waals surface area contributed by atoms with E-state index in [1.165, 1.54) is 6.08 Å². The van der Waals surface area contributed by atoms with Crippen molar-refractivity contribution in [2.45, 2.75) is 12.4 Å². The van der Waals surface area contributed by atoms with E-state index in [4.69, 9.17) is 16.3 Å². The molecule has 4 nitrogen and oxygen atoms in total. The quantitative estimate of drug-likeness (QED) is 0.151. The smallest absolute Gasteiger partial charge is 0.204 e. The van der Waals surface area contributed by atoms with Crippen LogP contribution in [-0.4, -0.2) is 14.2 Å². The molecule has 0 aliphatic rings. The van der Waals surface area contributed by atoms with E-state index < -0.39 is 15.6 Å². The number of ketones is 1. The van der Waals surface area contributed by atoms with E-state index in [1.807, 2.05) is 30.3 Å². The Kier molecular flexibility index (Phi) is 8.41. The van der Waals surface area contributed by atoms with Crippen molar-refractivity contribution in [2.24, 2.45) is 0 Å². The SMILES string of the molecule is O=C(/C(=C/c1ccccc1OCc1ccccc1)S(=O)(=O)Cc1ccc(Cl)cc1)c1ccc(Br)cc1. The minimum Gasteiger partial charge on any atom is -0.488 e. The normalized spacial score (nSPS) is 11.8. The molecule has 0 aromatic heterocycles. The van der Waals surface area contributed by atoms with Crippen LogP contribution in [0.1, 0.15) is 27.0 Å². The van der Waals surface area contributed by atoms with Gasteiger partial charge in [0.1, 0.15) is 17.3 Å². The number of rotatable bonds is 9. The second-order valence-corrected chi connectivity index (χ2v) is 11.4. The molecule has 0 radical (unpaired) electrons. The van der Waals surface area contributed by atoms with Gasteiger partial charge in [0.05, 0.1) is 5.75 Å². The Labute approximate surface area is 224 Å². The van der Waals surface area contributed by atoms with Gasteiger partial charge in [-0.15, -0.1) is 0 Å². The lowest BCUT2D eigenvalue weighted by molar-refractivity contribution is 0.104. The van der Waals surface area contributed by atoms with Crippen molar-refractivity contribution < 1.29 is 17.9 Å². The lowest BCUT2D eigenvalue weighted by Crippen LogP contribution is -2.16. The molecular formula is C29H22BrClO4S. The number of halogens is 2. The molecule has 4 aromatic rings. The van der Waals surface area contributed by atoms with Crippen molar-refractivity contribution in [1.29, 1.82) is 0 Å². The first-order valence-electron chi connectivity index (χ1n) is 11.1. The maximum absolute atomic E-state index is 13.6. The average Bonchev–Trinajstić information content (AvgIpc) is 2.88. The van der Waals surface area contributed by atoms with E-state index in [1.54, 1.807) is 72.8 Å². The van der Waals surface area contributed by atoms with Crippen LogP contribution in [0.15, 0.2) is 113 Å². The highest BCUT2D eigenvalue weighted by Crippen LogP contribution is 2.28. The molecule has 0 aliphatic carbocycles. The second kappa shape index (κ2) is 11.7. The third-order valence-electron chi connectivity index (χ3n) is 5.38. The van der Waals surface area contributed by atoms with Crippen LogP contribution in [0.2, 0.25) is 5.02 Å². The number of Topliss-reactive ketones (excluding diaryl/α,β-unsaturated/α-hetero) is 1. The van der Waals surface area contributed by atoms with Gasteiger partial charge in [-0.3, -0.25) is 4.79 Å². The Morgan fingerprint density at radius 3 is 2.14 bits per heavy atom. The largest absolute Gasteiger partial charge is 0.488 e. The van der Waals surface area contributed by atoms with Crippen molar-refractivity contribution in [3.63, 3.8) is 0 Å². The third kappa shape index (κ3) is 6.72. The highest BCUT2D eigenvalue weighted by molar-refractivity contribution is 9.10. The van der Waals surface area contributed by atoms with Crippen molar-refractivity contribution in [1.82, 2.24) is 0 Å². The zero-order chi connectivity index (χ0) is 25.5. The topological polar surface area (TPSA) is 60.4 Å². The number of benzene rings is 4. The first-order chi connectivity index (χ1) is 17.3. The van der Waals surface area contributed by atoms with Crippen LogP contribution in [0.25, 0.3) is 6.08 Å². The molecule has 0 unspecified atom stereocenters. The Balaban J connectivity index is 1.74. The number of carbonyl (C=O) groups excluding carboxylic acids is 1. The molecule has 0 saturated carbocycles. The minimum absolute atomic E-state index is 0.270. The van der Waals surface area contributed by atoms with Crippen LogP contribution in [0.5, 0.6) is 5.75 Å². The van der Waals surface area contributed by atoms with Gasteiger partial charge in [0.2, 0.25) is 5.78 Å². The summed E-state index contributed by atoms with van der Waals surface area (Å²) in [4.78, 5) is 13.2. The van der Waals surface area contributed by atoms with Crippen LogP contribution < -0.4 is 4.74 Å². The number of para-hydroxylation sites is 1. The number of allylic oxidation sites excluding steroid dienone is 1. The molecule has 182 valence electrons. The molecule has 0 bridgehead atoms. The van der Waals surface area contributed by atoms with E-state index in [0.717, 1.165) is 10.0 Å². The third-order valence-corrected chi connectivity index (χ3v) is 7.85. The summed E-state index contributed by atoms with van der Waals surface area (Å²) >= 11 is 9.30. The summed E-state index contributed by atoms with van der Waals surface area (Å²) in [7, 11) is -4.03. The molecule has 0 fully saturated rings. The first kappa shape index (κ1) is 25.9. The number of ether oxygens (including phenoxy) is 1. The molecule has 0 amide bonds. The Morgan fingerprint density at radius 1 is 0.806 bits per heavy atom. The van der Waals surface area contributed by atoms with Crippen LogP contribution >= 0.6 is 27.5 Å². The van der Waals surface area contributed by atoms with Crippen molar-refractivity contribution in [3.05, 3.63) is 140 Å². The predicted molar refractivity (Wildman–Crippen MR) is 148 cm³/mol. The summed E-state index contributed by atoms with van der Waals surface area (Å²) in [6, 6.07) is 29.8. The molecule has 4 aromatic carbocycles. The fourth-order valence-corrected chi connectivity index (χ4v) is 5.41. The van der Waals surface area contributed by atoms with E-state index >= 15 is 0 Å². The van der Waals surface area contributed by atoms with Crippen LogP contribution in [0.3, 0.4) is 0 Å². The summed E-state index contributed by atoms with van der Waals surface area (Å²) in [5.74, 6) is -0.454. The molecule has 0 spiro atoms. The Morgan fingerprint density at radius 2 is 1.44 bits per heavy atom. The second-order valence-electron chi connectivity index (χ2n) is 8.04. The zero-order valence-corrected chi connectivity index (χ0v) is 22.3. The van der Waals surface area contributed by atoms with Crippen LogP contribution in [0, 0.1) is 0 Å². The lowest BCUT2D eigenvalue weighted by atomic mass is 10.1. The highest BCUT2D eigenvalue weighted by Gasteiger charge is 2.27. The van der Waals surface area contributed by atoms with E-state index in [0.29, 0.717) is 28.5 Å². The number of sulfone groups is 1. The monoisotopic (exact) mass is 580 g/mol. The molecule has 36 heavy (non-hydrogen) atoms. The van der Waals surface area contributed by atoms with Crippen molar-refractivity contribution in [3.8, 4) is 5.75 Å². The molecule has 0 saturated heterocycles. The van der Waals surface area contributed by atoms with Gasteiger partial charge >= 0.3 is 0 Å². The molecular weight excluding hydrogens is 560 g/mol. The van der Waals surface area contributed by atoms with Gasteiger partial charge in [0.25, 0.3) is 0 Å². The number of carbonyl (C=O) groups is 1. The Hall–Kier alpha value is -3.19. The van der Waals surface area contributed by atoms with Crippen molar-refractivity contribution >= 4 is 49.2 Å². The van der Waals surface area contributed by atoms with Gasteiger partial charge in [-0.1, -0.05) is 88.2 Å². The maximum atomic E-state index is 13.6. The van der Waals surface area contributed by atoms with Gasteiger partial charge in [-0.05, 0) is 59.7 Å². The Bertz CT molecular complexity index is 1480. The summed E-state index contributed by atoms with van der Waals surface area (Å²) in [6.45, 7) is 0.305. The summed E-state index contributed by atoms with van der Waals surface area (Å²) in [5, 5.41) is 0.502. The summed E-state index contributed by atoms with van der Waals surface area (Å²) in [5.41, 5.74) is 2.26.